The van der Waals surface area contributed by atoms with Crippen LogP contribution in [0.15, 0.2) is 71.6 Å². The molecule has 3 aromatic carbocycles. The molecule has 0 spiro atoms. The Morgan fingerprint density at radius 3 is 2.52 bits per heavy atom. The topological polar surface area (TPSA) is 53.4 Å². The number of imidazole rings is 1. The van der Waals surface area contributed by atoms with Gasteiger partial charge in [0, 0.05) is 36.6 Å². The van der Waals surface area contributed by atoms with Crippen molar-refractivity contribution >= 4 is 40.3 Å². The molecule has 1 saturated carbocycles. The highest BCUT2D eigenvalue weighted by atomic mass is 32.2. The van der Waals surface area contributed by atoms with Crippen molar-refractivity contribution in [3.8, 4) is 0 Å². The summed E-state index contributed by atoms with van der Waals surface area (Å²) in [6.07, 6.45) is 4.29. The van der Waals surface area contributed by atoms with E-state index in [1.165, 1.54) is 24.5 Å². The third kappa shape index (κ3) is 5.79. The minimum Gasteiger partial charge on any atom is -0.331 e. The summed E-state index contributed by atoms with van der Waals surface area (Å²) in [4.78, 5) is 22.0. The zero-order valence-electron chi connectivity index (χ0n) is 24.9. The second-order valence-electron chi connectivity index (χ2n) is 12.0. The number of hydrogen-bond donors (Lipinski definition) is 1. The van der Waals surface area contributed by atoms with E-state index in [0.29, 0.717) is 6.04 Å². The average molecular weight is 586 g/mol. The fourth-order valence-corrected chi connectivity index (χ4v) is 7.71. The van der Waals surface area contributed by atoms with Crippen LogP contribution in [0, 0.1) is 24.6 Å². The van der Waals surface area contributed by atoms with Gasteiger partial charge in [-0.1, -0.05) is 31.2 Å². The molecular formula is C34H40FN5OS. The van der Waals surface area contributed by atoms with Crippen LogP contribution in [0.5, 0.6) is 0 Å². The standard InChI is InChI=1S/C34H40FN5OS/c1-22-28(19-26(40-17-7-8-18-40)20-29(22)34(41)37-31-10-6-5-9-30(31)35)24-11-13-25(14-12-24)39(4)42-27-15-16-33-32(21-27)36-23(2)38(33)3/h5-6,9-16,21-22,26,28-29H,7-8,17-20H2,1-4H3,(H,37,41)/t22-,26+,28?,29?/m1/s1. The molecule has 8 heteroatoms. The van der Waals surface area contributed by atoms with Gasteiger partial charge >= 0.3 is 0 Å². The summed E-state index contributed by atoms with van der Waals surface area (Å²) in [7, 11) is 4.13. The van der Waals surface area contributed by atoms with Gasteiger partial charge in [0.1, 0.15) is 11.6 Å². The van der Waals surface area contributed by atoms with Crippen molar-refractivity contribution in [1.29, 1.82) is 0 Å². The van der Waals surface area contributed by atoms with Gasteiger partial charge in [0.15, 0.2) is 0 Å². The number of rotatable bonds is 7. The van der Waals surface area contributed by atoms with E-state index in [2.05, 4.69) is 80.5 Å². The number of likely N-dealkylation sites (tertiary alicyclic amines) is 1. The number of carbonyl (C=O) groups is 1. The first-order chi connectivity index (χ1) is 20.3. The minimum absolute atomic E-state index is 0.0747. The van der Waals surface area contributed by atoms with Crippen LogP contribution in [0.2, 0.25) is 0 Å². The summed E-state index contributed by atoms with van der Waals surface area (Å²) in [6.45, 7) is 6.41. The van der Waals surface area contributed by atoms with Gasteiger partial charge in [-0.25, -0.2) is 9.37 Å². The summed E-state index contributed by atoms with van der Waals surface area (Å²) in [5.74, 6) is 0.748. The summed E-state index contributed by atoms with van der Waals surface area (Å²) in [5, 5.41) is 2.91. The Balaban J connectivity index is 1.19. The third-order valence-corrected chi connectivity index (χ3v) is 10.4. The molecular weight excluding hydrogens is 545 g/mol. The van der Waals surface area contributed by atoms with Crippen LogP contribution >= 0.6 is 11.9 Å². The van der Waals surface area contributed by atoms with Crippen LogP contribution in [0.3, 0.4) is 0 Å². The van der Waals surface area contributed by atoms with E-state index in [-0.39, 0.29) is 29.3 Å². The number of carbonyl (C=O) groups excluding carboxylic acids is 1. The molecule has 1 N–H and O–H groups in total. The molecule has 1 saturated heterocycles. The summed E-state index contributed by atoms with van der Waals surface area (Å²) < 4.78 is 18.7. The van der Waals surface area contributed by atoms with Gasteiger partial charge in [0.2, 0.25) is 5.91 Å². The number of amides is 1. The lowest BCUT2D eigenvalue weighted by molar-refractivity contribution is -0.123. The predicted octanol–water partition coefficient (Wildman–Crippen LogP) is 7.40. The van der Waals surface area contributed by atoms with E-state index in [1.807, 2.05) is 14.0 Å². The number of nitrogens with zero attached hydrogens (tertiary/aromatic N) is 4. The largest absolute Gasteiger partial charge is 0.331 e. The molecule has 220 valence electrons. The zero-order chi connectivity index (χ0) is 29.4. The maximum atomic E-state index is 14.4. The van der Waals surface area contributed by atoms with E-state index < -0.39 is 5.82 Å². The van der Waals surface area contributed by atoms with Gasteiger partial charge in [0.05, 0.1) is 16.7 Å². The Bertz CT molecular complexity index is 1560. The molecule has 6 nitrogen and oxygen atoms in total. The van der Waals surface area contributed by atoms with Crippen LogP contribution < -0.4 is 9.62 Å². The fraction of sp³-hybridized carbons (Fsp3) is 0.412. The quantitative estimate of drug-likeness (QED) is 0.229. The Labute approximate surface area is 252 Å². The number of aryl methyl sites for hydroxylation is 2. The fourth-order valence-electron chi connectivity index (χ4n) is 6.87. The Kier molecular flexibility index (Phi) is 8.28. The van der Waals surface area contributed by atoms with Crippen LogP contribution in [0.1, 0.15) is 49.9 Å². The Morgan fingerprint density at radius 2 is 1.79 bits per heavy atom. The molecule has 4 aromatic rings. The van der Waals surface area contributed by atoms with Crippen molar-refractivity contribution in [1.82, 2.24) is 14.5 Å². The lowest BCUT2D eigenvalue weighted by atomic mass is 9.67. The lowest BCUT2D eigenvalue weighted by Crippen LogP contribution is -2.45. The summed E-state index contributed by atoms with van der Waals surface area (Å²) in [6, 6.07) is 22.1. The van der Waals surface area contributed by atoms with Gasteiger partial charge in [-0.2, -0.15) is 0 Å². The number of benzene rings is 3. The number of halogens is 1. The van der Waals surface area contributed by atoms with Crippen LogP contribution in [0.4, 0.5) is 15.8 Å². The molecule has 4 atom stereocenters. The number of anilines is 2. The molecule has 2 aliphatic rings. The zero-order valence-corrected chi connectivity index (χ0v) is 25.7. The van der Waals surface area contributed by atoms with Gasteiger partial charge in [0.25, 0.3) is 0 Å². The molecule has 2 unspecified atom stereocenters. The molecule has 42 heavy (non-hydrogen) atoms. The van der Waals surface area contributed by atoms with Crippen LogP contribution in [-0.4, -0.2) is 46.5 Å². The van der Waals surface area contributed by atoms with Crippen molar-refractivity contribution in [3.05, 3.63) is 83.9 Å². The molecule has 0 radical (unpaired) electrons. The maximum Gasteiger partial charge on any atom is 0.227 e. The van der Waals surface area contributed by atoms with Gasteiger partial charge in [-0.15, -0.1) is 0 Å². The van der Waals surface area contributed by atoms with E-state index in [0.717, 1.165) is 53.4 Å². The molecule has 6 rings (SSSR count). The van der Waals surface area contributed by atoms with Crippen LogP contribution in [-0.2, 0) is 11.8 Å². The third-order valence-electron chi connectivity index (χ3n) is 9.45. The van der Waals surface area contributed by atoms with E-state index >= 15 is 0 Å². The number of nitrogens with one attached hydrogen (secondary N) is 1. The highest BCUT2D eigenvalue weighted by molar-refractivity contribution is 8.00. The molecule has 0 bridgehead atoms. The second-order valence-corrected chi connectivity index (χ2v) is 13.2. The van der Waals surface area contributed by atoms with Crippen molar-refractivity contribution in [2.75, 3.05) is 29.8 Å². The summed E-state index contributed by atoms with van der Waals surface area (Å²) >= 11 is 1.69. The van der Waals surface area contributed by atoms with Crippen molar-refractivity contribution < 1.29 is 9.18 Å². The Hall–Kier alpha value is -3.36. The lowest BCUT2D eigenvalue weighted by Gasteiger charge is -2.43. The summed E-state index contributed by atoms with van der Waals surface area (Å²) in [5.41, 5.74) is 4.79. The minimum atomic E-state index is -0.394. The molecule has 1 aliphatic heterocycles. The first-order valence-corrected chi connectivity index (χ1v) is 15.8. The number of para-hydroxylation sites is 1. The van der Waals surface area contributed by atoms with Crippen molar-refractivity contribution in [3.63, 3.8) is 0 Å². The highest BCUT2D eigenvalue weighted by Crippen LogP contribution is 2.44. The van der Waals surface area contributed by atoms with Gasteiger partial charge < -0.3 is 19.1 Å². The first-order valence-electron chi connectivity index (χ1n) is 15.0. The molecule has 2 heterocycles. The highest BCUT2D eigenvalue weighted by Gasteiger charge is 2.42. The van der Waals surface area contributed by atoms with E-state index in [9.17, 15) is 9.18 Å². The predicted molar refractivity (Wildman–Crippen MR) is 170 cm³/mol. The van der Waals surface area contributed by atoms with Crippen LogP contribution in [0.25, 0.3) is 11.0 Å². The average Bonchev–Trinajstić information content (AvgIpc) is 3.62. The molecule has 1 amide bonds. The maximum absolute atomic E-state index is 14.4. The van der Waals surface area contributed by atoms with E-state index in [1.54, 1.807) is 30.1 Å². The normalized spacial score (nSPS) is 22.9. The van der Waals surface area contributed by atoms with Gasteiger partial charge in [-0.05, 0) is 118 Å². The number of hydrogen-bond acceptors (Lipinski definition) is 5. The first kappa shape index (κ1) is 28.7. The molecule has 1 aromatic heterocycles. The SMILES string of the molecule is Cc1nc2cc(SN(C)c3ccc(C4C[C@H](N5CCCC5)CC(C(=O)Nc5ccccc5F)[C@@H]4C)cc3)ccc2n1C. The van der Waals surface area contributed by atoms with Gasteiger partial charge in [-0.3, -0.25) is 4.79 Å². The molecule has 1 aliphatic carbocycles. The second kappa shape index (κ2) is 12.1. The number of fused-ring (bicyclic) bond motifs is 1. The van der Waals surface area contributed by atoms with Crippen molar-refractivity contribution in [2.45, 2.75) is 56.4 Å². The Morgan fingerprint density at radius 1 is 1.05 bits per heavy atom. The monoisotopic (exact) mass is 585 g/mol. The molecule has 2 fully saturated rings. The van der Waals surface area contributed by atoms with E-state index in [4.69, 9.17) is 0 Å². The number of aromatic nitrogens is 2. The van der Waals surface area contributed by atoms with Crippen molar-refractivity contribution in [2.24, 2.45) is 18.9 Å². The smallest absolute Gasteiger partial charge is 0.227 e.